The smallest absolute Gasteiger partial charge is 0.268 e. The number of ether oxygens (including phenoxy) is 1. The molecule has 0 aliphatic rings. The lowest BCUT2D eigenvalue weighted by Crippen LogP contribution is -2.34. The molecule has 0 aliphatic carbocycles. The van der Waals surface area contributed by atoms with Gasteiger partial charge >= 0.3 is 0 Å². The maximum atomic E-state index is 12.9. The predicted molar refractivity (Wildman–Crippen MR) is 120 cm³/mol. The Morgan fingerprint density at radius 1 is 1.07 bits per heavy atom. The molecule has 0 aliphatic heterocycles. The van der Waals surface area contributed by atoms with E-state index in [0.29, 0.717) is 12.2 Å². The summed E-state index contributed by atoms with van der Waals surface area (Å²) in [4.78, 5) is 26.5. The quantitative estimate of drug-likeness (QED) is 0.526. The van der Waals surface area contributed by atoms with Gasteiger partial charge in [0.1, 0.15) is 11.4 Å². The summed E-state index contributed by atoms with van der Waals surface area (Å²) in [5.41, 5.74) is 2.54. The molecule has 30 heavy (non-hydrogen) atoms. The largest absolute Gasteiger partial charge is 0.494 e. The molecule has 6 heteroatoms. The highest BCUT2D eigenvalue weighted by Gasteiger charge is 2.15. The second-order valence-corrected chi connectivity index (χ2v) is 7.60. The van der Waals surface area contributed by atoms with Crippen LogP contribution in [0.2, 0.25) is 0 Å². The van der Waals surface area contributed by atoms with Crippen molar-refractivity contribution in [3.05, 3.63) is 93.3 Å². The number of carbonyl (C=O) groups excluding carboxylic acids is 2. The number of para-hydroxylation sites is 1. The van der Waals surface area contributed by atoms with Gasteiger partial charge in [0.15, 0.2) is 0 Å². The highest BCUT2D eigenvalue weighted by atomic mass is 32.1. The molecule has 154 valence electrons. The summed E-state index contributed by atoms with van der Waals surface area (Å²) in [7, 11) is 0. The Labute approximate surface area is 180 Å². The van der Waals surface area contributed by atoms with Crippen LogP contribution in [-0.4, -0.2) is 18.4 Å². The first kappa shape index (κ1) is 21.3. The Morgan fingerprint density at radius 2 is 1.90 bits per heavy atom. The van der Waals surface area contributed by atoms with E-state index >= 15 is 0 Å². The highest BCUT2D eigenvalue weighted by molar-refractivity contribution is 7.10. The zero-order valence-electron chi connectivity index (χ0n) is 17.0. The zero-order valence-corrected chi connectivity index (χ0v) is 17.8. The summed E-state index contributed by atoms with van der Waals surface area (Å²) >= 11 is 1.49. The van der Waals surface area contributed by atoms with Gasteiger partial charge in [-0.3, -0.25) is 9.59 Å². The first-order chi connectivity index (χ1) is 14.6. The van der Waals surface area contributed by atoms with Crippen molar-refractivity contribution in [3.8, 4) is 5.75 Å². The van der Waals surface area contributed by atoms with Crippen LogP contribution in [-0.2, 0) is 11.3 Å². The maximum absolute atomic E-state index is 12.9. The van der Waals surface area contributed by atoms with Crippen LogP contribution in [0.15, 0.2) is 71.7 Å². The van der Waals surface area contributed by atoms with E-state index in [-0.39, 0.29) is 24.1 Å². The molecule has 0 bridgehead atoms. The average Bonchev–Trinajstić information content (AvgIpc) is 3.26. The molecular weight excluding hydrogens is 396 g/mol. The van der Waals surface area contributed by atoms with Gasteiger partial charge in [0, 0.05) is 22.5 Å². The molecule has 2 N–H and O–H groups in total. The molecule has 0 unspecified atom stereocenters. The van der Waals surface area contributed by atoms with Crippen molar-refractivity contribution in [2.45, 2.75) is 20.4 Å². The minimum atomic E-state index is -0.365. The molecule has 0 saturated heterocycles. The maximum Gasteiger partial charge on any atom is 0.268 e. The predicted octanol–water partition coefficient (Wildman–Crippen LogP) is 4.54. The molecule has 5 nitrogen and oxygen atoms in total. The third kappa shape index (κ3) is 5.81. The Hall–Kier alpha value is -3.38. The van der Waals surface area contributed by atoms with Gasteiger partial charge in [-0.25, -0.2) is 0 Å². The van der Waals surface area contributed by atoms with Gasteiger partial charge in [0.25, 0.3) is 11.8 Å². The fourth-order valence-corrected chi connectivity index (χ4v) is 3.53. The van der Waals surface area contributed by atoms with E-state index in [4.69, 9.17) is 4.74 Å². The van der Waals surface area contributed by atoms with E-state index in [2.05, 4.69) is 10.6 Å². The summed E-state index contributed by atoms with van der Waals surface area (Å²) in [6.07, 6.45) is 1.68. The van der Waals surface area contributed by atoms with Crippen LogP contribution < -0.4 is 15.4 Å². The molecular formula is C24H24N2O3S. The lowest BCUT2D eigenvalue weighted by Gasteiger charge is -2.13. The Balaban J connectivity index is 1.77. The molecule has 3 aromatic rings. The molecule has 0 saturated carbocycles. The van der Waals surface area contributed by atoms with E-state index < -0.39 is 0 Å². The first-order valence-corrected chi connectivity index (χ1v) is 10.6. The number of hydrogen-bond donors (Lipinski definition) is 2. The summed E-state index contributed by atoms with van der Waals surface area (Å²) in [5.74, 6) is 0.0370. The van der Waals surface area contributed by atoms with Crippen LogP contribution in [0, 0.1) is 6.92 Å². The minimum Gasteiger partial charge on any atom is -0.494 e. The fourth-order valence-electron chi connectivity index (χ4n) is 2.87. The molecule has 0 radical (unpaired) electrons. The fraction of sp³-hybridized carbons (Fsp3) is 0.167. The highest BCUT2D eigenvalue weighted by Crippen LogP contribution is 2.18. The molecule has 1 aromatic heterocycles. The van der Waals surface area contributed by atoms with Gasteiger partial charge in [-0.1, -0.05) is 42.0 Å². The van der Waals surface area contributed by atoms with Crippen LogP contribution in [0.1, 0.15) is 33.3 Å². The van der Waals surface area contributed by atoms with Crippen molar-refractivity contribution in [2.24, 2.45) is 0 Å². The molecule has 2 amide bonds. The minimum absolute atomic E-state index is 0.192. The van der Waals surface area contributed by atoms with Crippen LogP contribution in [0.3, 0.4) is 0 Å². The van der Waals surface area contributed by atoms with E-state index in [9.17, 15) is 9.59 Å². The van der Waals surface area contributed by atoms with E-state index in [0.717, 1.165) is 21.8 Å². The van der Waals surface area contributed by atoms with Gasteiger partial charge in [-0.15, -0.1) is 11.3 Å². The van der Waals surface area contributed by atoms with E-state index in [1.807, 2.05) is 67.8 Å². The van der Waals surface area contributed by atoms with Gasteiger partial charge < -0.3 is 15.4 Å². The number of hydrogen-bond acceptors (Lipinski definition) is 4. The lowest BCUT2D eigenvalue weighted by atomic mass is 10.1. The van der Waals surface area contributed by atoms with Crippen molar-refractivity contribution in [1.82, 2.24) is 10.6 Å². The Kier molecular flexibility index (Phi) is 7.40. The van der Waals surface area contributed by atoms with Gasteiger partial charge in [-0.05, 0) is 49.6 Å². The summed E-state index contributed by atoms with van der Waals surface area (Å²) in [5, 5.41) is 7.56. The van der Waals surface area contributed by atoms with Crippen LogP contribution >= 0.6 is 11.3 Å². The summed E-state index contributed by atoms with van der Waals surface area (Å²) < 4.78 is 5.61. The SMILES string of the molecule is CCOc1ccccc1CNC(=O)/C(=C/c1cccs1)NC(=O)c1cccc(C)c1. The number of thiophene rings is 1. The lowest BCUT2D eigenvalue weighted by molar-refractivity contribution is -0.117. The summed E-state index contributed by atoms with van der Waals surface area (Å²) in [6.45, 7) is 4.66. The second-order valence-electron chi connectivity index (χ2n) is 6.62. The van der Waals surface area contributed by atoms with Crippen molar-refractivity contribution in [3.63, 3.8) is 0 Å². The number of amides is 2. The average molecular weight is 421 g/mol. The van der Waals surface area contributed by atoms with Crippen LogP contribution in [0.4, 0.5) is 0 Å². The van der Waals surface area contributed by atoms with E-state index in [1.165, 1.54) is 11.3 Å². The van der Waals surface area contributed by atoms with Gasteiger partial charge in [0.2, 0.25) is 0 Å². The normalized spacial score (nSPS) is 11.1. The van der Waals surface area contributed by atoms with Crippen LogP contribution in [0.25, 0.3) is 6.08 Å². The third-order valence-electron chi connectivity index (χ3n) is 4.31. The first-order valence-electron chi connectivity index (χ1n) is 9.69. The number of carbonyl (C=O) groups is 2. The van der Waals surface area contributed by atoms with Crippen molar-refractivity contribution in [2.75, 3.05) is 6.61 Å². The number of nitrogens with one attached hydrogen (secondary N) is 2. The molecule has 1 heterocycles. The standard InChI is InChI=1S/C24H24N2O3S/c1-3-29-22-12-5-4-9-19(22)16-25-24(28)21(15-20-11-7-13-30-20)26-23(27)18-10-6-8-17(2)14-18/h4-15H,3,16H2,1-2H3,(H,25,28)(H,26,27)/b21-15-. The molecule has 3 rings (SSSR count). The van der Waals surface area contributed by atoms with Gasteiger partial charge in [0.05, 0.1) is 6.61 Å². The molecule has 0 spiro atoms. The molecule has 0 atom stereocenters. The van der Waals surface area contributed by atoms with E-state index in [1.54, 1.807) is 18.2 Å². The second kappa shape index (κ2) is 10.4. The monoisotopic (exact) mass is 420 g/mol. The zero-order chi connectivity index (χ0) is 21.3. The molecule has 0 fully saturated rings. The Morgan fingerprint density at radius 3 is 2.63 bits per heavy atom. The van der Waals surface area contributed by atoms with Crippen molar-refractivity contribution in [1.29, 1.82) is 0 Å². The topological polar surface area (TPSA) is 67.4 Å². The van der Waals surface area contributed by atoms with Gasteiger partial charge in [-0.2, -0.15) is 0 Å². The van der Waals surface area contributed by atoms with Crippen LogP contribution in [0.5, 0.6) is 5.75 Å². The van der Waals surface area contributed by atoms with Crippen molar-refractivity contribution < 1.29 is 14.3 Å². The number of rotatable bonds is 8. The molecule has 2 aromatic carbocycles. The summed E-state index contributed by atoms with van der Waals surface area (Å²) in [6, 6.07) is 18.6. The Bertz CT molecular complexity index is 1040. The third-order valence-corrected chi connectivity index (χ3v) is 5.13. The van der Waals surface area contributed by atoms with Crippen molar-refractivity contribution >= 4 is 29.2 Å². The number of aryl methyl sites for hydroxylation is 1. The number of benzene rings is 2.